The van der Waals surface area contributed by atoms with Crippen LogP contribution in [0.4, 0.5) is 22.7 Å². The van der Waals surface area contributed by atoms with Crippen LogP contribution in [-0.2, 0) is 6.42 Å². The molecule has 0 saturated heterocycles. The fraction of sp³-hybridized carbons (Fsp3) is 0.103. The summed E-state index contributed by atoms with van der Waals surface area (Å²) in [5.41, 5.74) is 6.83. The molecule has 2 N–H and O–H groups in total. The first kappa shape index (κ1) is 24.0. The Balaban J connectivity index is 1.60. The third-order valence-corrected chi connectivity index (χ3v) is 6.06. The van der Waals surface area contributed by atoms with E-state index < -0.39 is 5.97 Å². The van der Waals surface area contributed by atoms with E-state index in [0.717, 1.165) is 23.5 Å². The summed E-state index contributed by atoms with van der Waals surface area (Å²) in [7, 11) is 1.95. The number of benzene rings is 3. The first-order chi connectivity index (χ1) is 16.8. The number of rotatable bonds is 8. The number of carbonyl (C=O) groups is 1. The maximum absolute atomic E-state index is 11.8. The average molecular weight is 484 g/mol. The van der Waals surface area contributed by atoms with Crippen molar-refractivity contribution in [2.45, 2.75) is 13.3 Å². The number of aromatic nitrogens is 1. The Kier molecular flexibility index (Phi) is 7.18. The summed E-state index contributed by atoms with van der Waals surface area (Å²) in [6.07, 6.45) is 2.69. The smallest absolute Gasteiger partial charge is 0.335 e. The summed E-state index contributed by atoms with van der Waals surface area (Å²) in [5, 5.41) is 13.7. The summed E-state index contributed by atoms with van der Waals surface area (Å²) in [4.78, 5) is 18.4. The Hall–Kier alpha value is -4.09. The molecule has 5 nitrogen and oxygen atoms in total. The van der Waals surface area contributed by atoms with Crippen LogP contribution in [0, 0.1) is 0 Å². The van der Waals surface area contributed by atoms with Crippen LogP contribution in [0.25, 0.3) is 5.57 Å². The van der Waals surface area contributed by atoms with E-state index in [4.69, 9.17) is 11.6 Å². The number of hydrogen-bond acceptors (Lipinski definition) is 4. The highest BCUT2D eigenvalue weighted by atomic mass is 35.5. The maximum atomic E-state index is 11.8. The number of aryl methyl sites for hydroxylation is 1. The largest absolute Gasteiger partial charge is 0.478 e. The van der Waals surface area contributed by atoms with Crippen molar-refractivity contribution in [3.05, 3.63) is 119 Å². The normalized spacial score (nSPS) is 10.6. The average Bonchev–Trinajstić information content (AvgIpc) is 2.88. The van der Waals surface area contributed by atoms with E-state index in [1.807, 2.05) is 66.5 Å². The second kappa shape index (κ2) is 10.5. The molecule has 0 bridgehead atoms. The minimum atomic E-state index is -1.00. The predicted octanol–water partition coefficient (Wildman–Crippen LogP) is 7.57. The molecule has 0 aliphatic rings. The quantitative estimate of drug-likeness (QED) is 0.270. The minimum absolute atomic E-state index is 0.178. The van der Waals surface area contributed by atoms with E-state index >= 15 is 0 Å². The maximum Gasteiger partial charge on any atom is 0.335 e. The Morgan fingerprint density at radius 2 is 1.69 bits per heavy atom. The number of carboxylic acid groups (broad SMARTS) is 1. The zero-order valence-corrected chi connectivity index (χ0v) is 20.4. The molecule has 0 saturated carbocycles. The SMILES string of the molecule is C=C(c1cc(Nc2cccc(CC)c2)cc(C(=O)O)c1)c1ccc(N(C)c2ccc(Cl)cc2)cn1. The molecule has 176 valence electrons. The van der Waals surface area contributed by atoms with E-state index in [2.05, 4.69) is 35.9 Å². The van der Waals surface area contributed by atoms with Crippen molar-refractivity contribution in [1.29, 1.82) is 0 Å². The topological polar surface area (TPSA) is 65.5 Å². The van der Waals surface area contributed by atoms with Crippen molar-refractivity contribution in [2.24, 2.45) is 0 Å². The molecule has 0 aliphatic carbocycles. The molecule has 0 radical (unpaired) electrons. The Morgan fingerprint density at radius 1 is 0.971 bits per heavy atom. The van der Waals surface area contributed by atoms with Gasteiger partial charge in [-0.15, -0.1) is 0 Å². The molecule has 6 heteroatoms. The van der Waals surface area contributed by atoms with Crippen molar-refractivity contribution < 1.29 is 9.90 Å². The van der Waals surface area contributed by atoms with Crippen LogP contribution < -0.4 is 10.2 Å². The first-order valence-corrected chi connectivity index (χ1v) is 11.6. The van der Waals surface area contributed by atoms with Crippen molar-refractivity contribution in [1.82, 2.24) is 4.98 Å². The van der Waals surface area contributed by atoms with E-state index in [0.29, 0.717) is 27.5 Å². The molecule has 4 rings (SSSR count). The molecule has 0 fully saturated rings. The summed E-state index contributed by atoms with van der Waals surface area (Å²) in [5.74, 6) is -1.00. The zero-order valence-electron chi connectivity index (χ0n) is 19.6. The van der Waals surface area contributed by atoms with Gasteiger partial charge in [0.25, 0.3) is 0 Å². The van der Waals surface area contributed by atoms with Gasteiger partial charge in [0, 0.05) is 34.7 Å². The number of carboxylic acids is 1. The van der Waals surface area contributed by atoms with Crippen molar-refractivity contribution in [3.63, 3.8) is 0 Å². The number of halogens is 1. The molecule has 0 atom stereocenters. The minimum Gasteiger partial charge on any atom is -0.478 e. The molecule has 0 aliphatic heterocycles. The summed E-state index contributed by atoms with van der Waals surface area (Å²) in [6.45, 7) is 6.30. The Bertz CT molecular complexity index is 1370. The van der Waals surface area contributed by atoms with Crippen LogP contribution in [-0.4, -0.2) is 23.1 Å². The van der Waals surface area contributed by atoms with Gasteiger partial charge in [-0.05, 0) is 84.3 Å². The van der Waals surface area contributed by atoms with Gasteiger partial charge in [-0.3, -0.25) is 4.98 Å². The number of nitrogens with zero attached hydrogens (tertiary/aromatic N) is 2. The van der Waals surface area contributed by atoms with E-state index in [-0.39, 0.29) is 5.56 Å². The van der Waals surface area contributed by atoms with Gasteiger partial charge in [0.05, 0.1) is 23.1 Å². The number of nitrogens with one attached hydrogen (secondary N) is 1. The van der Waals surface area contributed by atoms with Gasteiger partial charge in [0.2, 0.25) is 0 Å². The van der Waals surface area contributed by atoms with Gasteiger partial charge in [0.15, 0.2) is 0 Å². The molecular formula is C29H26ClN3O2. The van der Waals surface area contributed by atoms with Crippen molar-refractivity contribution >= 4 is 45.9 Å². The molecular weight excluding hydrogens is 458 g/mol. The van der Waals surface area contributed by atoms with Crippen LogP contribution in [0.2, 0.25) is 5.02 Å². The number of anilines is 4. The first-order valence-electron chi connectivity index (χ1n) is 11.2. The van der Waals surface area contributed by atoms with Crippen LogP contribution in [0.5, 0.6) is 0 Å². The third kappa shape index (κ3) is 5.70. The molecule has 0 unspecified atom stereocenters. The highest BCUT2D eigenvalue weighted by molar-refractivity contribution is 6.30. The number of hydrogen-bond donors (Lipinski definition) is 2. The Labute approximate surface area is 210 Å². The molecule has 3 aromatic carbocycles. The summed E-state index contributed by atoms with van der Waals surface area (Å²) >= 11 is 5.99. The fourth-order valence-electron chi connectivity index (χ4n) is 3.76. The van der Waals surface area contributed by atoms with Crippen LogP contribution in [0.3, 0.4) is 0 Å². The second-order valence-corrected chi connectivity index (χ2v) is 8.64. The monoisotopic (exact) mass is 483 g/mol. The third-order valence-electron chi connectivity index (χ3n) is 5.81. The second-order valence-electron chi connectivity index (χ2n) is 8.20. The highest BCUT2D eigenvalue weighted by Gasteiger charge is 2.13. The van der Waals surface area contributed by atoms with Gasteiger partial charge in [-0.1, -0.05) is 37.2 Å². The summed E-state index contributed by atoms with van der Waals surface area (Å²) in [6, 6.07) is 24.6. The van der Waals surface area contributed by atoms with Gasteiger partial charge < -0.3 is 15.3 Å². The molecule has 1 aromatic heterocycles. The standard InChI is InChI=1S/C29H26ClN3O2/c1-4-20-6-5-7-24(14-20)32-25-16-21(15-22(17-25)29(34)35)19(2)28-13-12-27(18-31-28)33(3)26-10-8-23(30)9-11-26/h5-18,32H,2,4H2,1,3H3,(H,34,35). The molecule has 4 aromatic rings. The lowest BCUT2D eigenvalue weighted by molar-refractivity contribution is 0.0697. The van der Waals surface area contributed by atoms with Gasteiger partial charge in [0.1, 0.15) is 0 Å². The van der Waals surface area contributed by atoms with Gasteiger partial charge in [-0.2, -0.15) is 0 Å². The predicted molar refractivity (Wildman–Crippen MR) is 144 cm³/mol. The molecule has 0 spiro atoms. The number of aromatic carboxylic acids is 1. The van der Waals surface area contributed by atoms with Crippen LogP contribution >= 0.6 is 11.6 Å². The van der Waals surface area contributed by atoms with Gasteiger partial charge in [-0.25, -0.2) is 4.79 Å². The lowest BCUT2D eigenvalue weighted by Gasteiger charge is -2.19. The highest BCUT2D eigenvalue weighted by Crippen LogP contribution is 2.29. The Morgan fingerprint density at radius 3 is 2.34 bits per heavy atom. The molecule has 35 heavy (non-hydrogen) atoms. The van der Waals surface area contributed by atoms with E-state index in [1.165, 1.54) is 5.56 Å². The van der Waals surface area contributed by atoms with E-state index in [9.17, 15) is 9.90 Å². The zero-order chi connectivity index (χ0) is 24.9. The lowest BCUT2D eigenvalue weighted by Crippen LogP contribution is -2.09. The van der Waals surface area contributed by atoms with Gasteiger partial charge >= 0.3 is 5.97 Å². The number of pyridine rings is 1. The molecule has 1 heterocycles. The van der Waals surface area contributed by atoms with Crippen molar-refractivity contribution in [3.8, 4) is 0 Å². The molecule has 0 amide bonds. The lowest BCUT2D eigenvalue weighted by atomic mass is 10.00. The van der Waals surface area contributed by atoms with Crippen LogP contribution in [0.15, 0.2) is 91.6 Å². The van der Waals surface area contributed by atoms with Crippen LogP contribution in [0.1, 0.15) is 34.1 Å². The van der Waals surface area contributed by atoms with E-state index in [1.54, 1.807) is 18.3 Å². The van der Waals surface area contributed by atoms with Crippen molar-refractivity contribution in [2.75, 3.05) is 17.3 Å². The fourth-order valence-corrected chi connectivity index (χ4v) is 3.88. The summed E-state index contributed by atoms with van der Waals surface area (Å²) < 4.78 is 0.